The lowest BCUT2D eigenvalue weighted by molar-refractivity contribution is -0.909. The first kappa shape index (κ1) is 17.2. The van der Waals surface area contributed by atoms with Gasteiger partial charge in [-0.2, -0.15) is 5.11 Å². The number of hydrogen-bond donors (Lipinski definition) is 2. The van der Waals surface area contributed by atoms with Gasteiger partial charge < -0.3 is 14.7 Å². The van der Waals surface area contributed by atoms with Crippen LogP contribution >= 0.6 is 0 Å². The third-order valence-corrected chi connectivity index (χ3v) is 4.06. The SMILES string of the molecule is COC(=O)C1=C(N=C([O-])C2C=C=C(N3CCN(C)C3)N=N2)C[NH+](C)N1. The average molecular weight is 347 g/mol. The molecule has 0 amide bonds. The van der Waals surface area contributed by atoms with Gasteiger partial charge in [-0.3, -0.25) is 9.89 Å². The van der Waals surface area contributed by atoms with Gasteiger partial charge >= 0.3 is 5.97 Å². The quantitative estimate of drug-likeness (QED) is 0.246. The van der Waals surface area contributed by atoms with Crippen LogP contribution in [0, 0.1) is 0 Å². The van der Waals surface area contributed by atoms with Gasteiger partial charge in [0.2, 0.25) is 0 Å². The van der Waals surface area contributed by atoms with Crippen LogP contribution in [0.15, 0.2) is 44.2 Å². The Morgan fingerprint density at radius 3 is 2.96 bits per heavy atom. The maximum Gasteiger partial charge on any atom is 0.361 e. The molecule has 134 valence electrons. The first-order valence-corrected chi connectivity index (χ1v) is 7.95. The second-order valence-corrected chi connectivity index (χ2v) is 6.12. The summed E-state index contributed by atoms with van der Waals surface area (Å²) in [6, 6.07) is -0.823. The highest BCUT2D eigenvalue weighted by atomic mass is 16.5. The Morgan fingerprint density at radius 2 is 2.36 bits per heavy atom. The molecule has 0 aromatic rings. The zero-order valence-electron chi connectivity index (χ0n) is 14.4. The number of methoxy groups -OCH3 is 1. The molecule has 0 aliphatic carbocycles. The summed E-state index contributed by atoms with van der Waals surface area (Å²) >= 11 is 0. The zero-order chi connectivity index (χ0) is 18.0. The summed E-state index contributed by atoms with van der Waals surface area (Å²) in [5.74, 6) is -0.416. The smallest absolute Gasteiger partial charge is 0.361 e. The van der Waals surface area contributed by atoms with Gasteiger partial charge in [0.15, 0.2) is 11.5 Å². The van der Waals surface area contributed by atoms with Gasteiger partial charge in [0.25, 0.3) is 0 Å². The van der Waals surface area contributed by atoms with Crippen molar-refractivity contribution >= 4 is 11.9 Å². The molecule has 3 aliphatic rings. The van der Waals surface area contributed by atoms with Crippen molar-refractivity contribution in [3.05, 3.63) is 29.0 Å². The van der Waals surface area contributed by atoms with Crippen LogP contribution in [-0.4, -0.2) is 75.2 Å². The van der Waals surface area contributed by atoms with Crippen LogP contribution < -0.4 is 15.5 Å². The Labute approximate surface area is 145 Å². The minimum atomic E-state index is -0.823. The predicted octanol–water partition coefficient (Wildman–Crippen LogP) is -2.80. The number of nitrogens with one attached hydrogen (secondary N) is 2. The molecule has 3 aliphatic heterocycles. The van der Waals surface area contributed by atoms with E-state index in [0.717, 1.165) is 24.8 Å². The van der Waals surface area contributed by atoms with Crippen molar-refractivity contribution in [1.82, 2.24) is 15.2 Å². The molecule has 0 aromatic carbocycles. The molecule has 10 nitrogen and oxygen atoms in total. The minimum Gasteiger partial charge on any atom is -0.860 e. The second-order valence-electron chi connectivity index (χ2n) is 6.12. The molecule has 0 saturated carbocycles. The fourth-order valence-corrected chi connectivity index (χ4v) is 2.74. The molecular formula is C15H21N7O3. The van der Waals surface area contributed by atoms with Gasteiger partial charge in [-0.1, -0.05) is 5.73 Å². The molecule has 10 heteroatoms. The van der Waals surface area contributed by atoms with E-state index in [1.165, 1.54) is 7.11 Å². The highest BCUT2D eigenvalue weighted by molar-refractivity contribution is 5.90. The molecular weight excluding hydrogens is 326 g/mol. The number of likely N-dealkylation sites (N-methyl/N-ethyl adjacent to an activating group) is 2. The van der Waals surface area contributed by atoms with Crippen LogP contribution in [-0.2, 0) is 9.53 Å². The van der Waals surface area contributed by atoms with Gasteiger partial charge in [0, 0.05) is 13.1 Å². The fraction of sp³-hybridized carbons (Fsp3) is 0.533. The van der Waals surface area contributed by atoms with Crippen molar-refractivity contribution in [2.75, 3.05) is 47.5 Å². The molecule has 0 spiro atoms. The van der Waals surface area contributed by atoms with Crippen molar-refractivity contribution in [3.63, 3.8) is 0 Å². The molecule has 0 aromatic heterocycles. The van der Waals surface area contributed by atoms with Crippen LogP contribution in [0.3, 0.4) is 0 Å². The maximum atomic E-state index is 12.4. The molecule has 0 radical (unpaired) electrons. The standard InChI is InChI=1S/C15H21N7O3/c1-20-6-7-22(9-20)12-5-4-10(17-18-12)14(23)16-11-8-21(2)19-13(11)15(24)25-3/h4,10,19H,6-9H2,1-3H3,(H,16,23). The lowest BCUT2D eigenvalue weighted by Crippen LogP contribution is -3.13. The lowest BCUT2D eigenvalue weighted by atomic mass is 10.2. The monoisotopic (exact) mass is 347 g/mol. The summed E-state index contributed by atoms with van der Waals surface area (Å²) in [4.78, 5) is 20.0. The summed E-state index contributed by atoms with van der Waals surface area (Å²) in [5.41, 5.74) is 6.46. The lowest BCUT2D eigenvalue weighted by Gasteiger charge is -2.20. The predicted molar refractivity (Wildman–Crippen MR) is 85.8 cm³/mol. The van der Waals surface area contributed by atoms with Crippen molar-refractivity contribution in [2.45, 2.75) is 6.04 Å². The summed E-state index contributed by atoms with van der Waals surface area (Å²) in [6.45, 7) is 2.95. The molecule has 1 saturated heterocycles. The number of azo groups is 1. The van der Waals surface area contributed by atoms with Gasteiger partial charge in [-0.05, 0) is 19.0 Å². The molecule has 25 heavy (non-hydrogen) atoms. The molecule has 3 rings (SSSR count). The van der Waals surface area contributed by atoms with E-state index in [2.05, 4.69) is 31.3 Å². The van der Waals surface area contributed by atoms with Crippen molar-refractivity contribution < 1.29 is 19.6 Å². The second kappa shape index (κ2) is 7.06. The van der Waals surface area contributed by atoms with Crippen LogP contribution in [0.25, 0.3) is 0 Å². The Bertz CT molecular complexity index is 721. The van der Waals surface area contributed by atoms with Gasteiger partial charge in [0.1, 0.15) is 18.3 Å². The number of rotatable bonds is 4. The van der Waals surface area contributed by atoms with Crippen LogP contribution in [0.2, 0.25) is 0 Å². The fourth-order valence-electron chi connectivity index (χ4n) is 2.74. The molecule has 2 unspecified atom stereocenters. The Kier molecular flexibility index (Phi) is 4.84. The van der Waals surface area contributed by atoms with Crippen molar-refractivity contribution in [3.8, 4) is 0 Å². The zero-order valence-corrected chi connectivity index (χ0v) is 14.4. The van der Waals surface area contributed by atoms with Gasteiger partial charge in [0.05, 0.1) is 20.8 Å². The molecule has 0 bridgehead atoms. The number of carbonyl (C=O) groups excluding carboxylic acids is 1. The highest BCUT2D eigenvalue weighted by Crippen LogP contribution is 2.16. The first-order valence-electron chi connectivity index (χ1n) is 7.95. The third kappa shape index (κ3) is 3.71. The van der Waals surface area contributed by atoms with E-state index in [1.54, 1.807) is 6.08 Å². The topological polar surface area (TPSA) is 109 Å². The van der Waals surface area contributed by atoms with E-state index in [1.807, 2.05) is 19.0 Å². The van der Waals surface area contributed by atoms with Crippen LogP contribution in [0.5, 0.6) is 0 Å². The maximum absolute atomic E-state index is 12.4. The molecule has 2 atom stereocenters. The average Bonchev–Trinajstić information content (AvgIpc) is 3.20. The largest absolute Gasteiger partial charge is 0.860 e. The van der Waals surface area contributed by atoms with Gasteiger partial charge in [-0.15, -0.1) is 5.11 Å². The minimum absolute atomic E-state index is 0.196. The van der Waals surface area contributed by atoms with Gasteiger partial charge in [-0.25, -0.2) is 15.2 Å². The number of nitrogens with zero attached hydrogens (tertiary/aromatic N) is 5. The third-order valence-electron chi connectivity index (χ3n) is 4.06. The summed E-state index contributed by atoms with van der Waals surface area (Å²) in [6.07, 6.45) is 1.56. The van der Waals surface area contributed by atoms with Crippen LogP contribution in [0.1, 0.15) is 0 Å². The molecule has 3 heterocycles. The van der Waals surface area contributed by atoms with Crippen LogP contribution in [0.4, 0.5) is 0 Å². The van der Waals surface area contributed by atoms with Crippen molar-refractivity contribution in [2.24, 2.45) is 15.2 Å². The number of quaternary nitrogens is 1. The normalized spacial score (nSPS) is 26.9. The Balaban J connectivity index is 1.76. The number of hydrogen-bond acceptors (Lipinski definition) is 9. The highest BCUT2D eigenvalue weighted by Gasteiger charge is 2.28. The van der Waals surface area contributed by atoms with E-state index in [4.69, 9.17) is 4.74 Å². The van der Waals surface area contributed by atoms with E-state index in [-0.39, 0.29) is 5.70 Å². The summed E-state index contributed by atoms with van der Waals surface area (Å²) in [7, 11) is 5.12. The number of ether oxygens (including phenoxy) is 1. The summed E-state index contributed by atoms with van der Waals surface area (Å²) in [5, 5.41) is 21.3. The van der Waals surface area contributed by atoms with E-state index in [0.29, 0.717) is 18.1 Å². The summed E-state index contributed by atoms with van der Waals surface area (Å²) < 4.78 is 4.70. The van der Waals surface area contributed by atoms with Crippen molar-refractivity contribution in [1.29, 1.82) is 0 Å². The van der Waals surface area contributed by atoms with E-state index in [9.17, 15) is 9.90 Å². The Morgan fingerprint density at radius 1 is 1.56 bits per heavy atom. The van der Waals surface area contributed by atoms with E-state index < -0.39 is 17.9 Å². The molecule has 2 N–H and O–H groups in total. The number of aliphatic imine (C=N–C) groups is 1. The first-order chi connectivity index (χ1) is 12.0. The molecule has 1 fully saturated rings. The van der Waals surface area contributed by atoms with E-state index >= 15 is 0 Å². The number of esters is 1. The number of carbonyl (C=O) groups is 1. The Hall–Kier alpha value is -2.68.